The molecule has 0 unspecified atom stereocenters. The maximum Gasteiger partial charge on any atom is 0.243 e. The molecule has 0 aliphatic carbocycles. The molecule has 1 rings (SSSR count). The normalized spacial score (nSPS) is 11.6. The molecular weight excluding hydrogens is 240 g/mol. The molecule has 0 aliphatic heterocycles. The van der Waals surface area contributed by atoms with Gasteiger partial charge in [-0.25, -0.2) is 13.1 Å². The molecule has 0 amide bonds. The van der Waals surface area contributed by atoms with Crippen molar-refractivity contribution in [3.05, 3.63) is 23.5 Å². The predicted octanol–water partition coefficient (Wildman–Crippen LogP) is 0.660. The third kappa shape index (κ3) is 3.42. The van der Waals surface area contributed by atoms with E-state index in [1.165, 1.54) is 25.6 Å². The Kier molecular flexibility index (Phi) is 4.46. The van der Waals surface area contributed by atoms with Crippen LogP contribution in [0.15, 0.2) is 23.4 Å². The topological polar surface area (TPSA) is 68.3 Å². The van der Waals surface area contributed by atoms with Crippen LogP contribution in [0.1, 0.15) is 0 Å². The Morgan fingerprint density at radius 3 is 2.93 bits per heavy atom. The summed E-state index contributed by atoms with van der Waals surface area (Å²) in [5.41, 5.74) is 0. The van der Waals surface area contributed by atoms with Crippen LogP contribution in [0.4, 0.5) is 0 Å². The first-order chi connectivity index (χ1) is 7.08. The van der Waals surface area contributed by atoms with Crippen LogP contribution in [0, 0.1) is 0 Å². The highest BCUT2D eigenvalue weighted by molar-refractivity contribution is 7.89. The number of nitrogens with one attached hydrogen (secondary N) is 1. The number of halogens is 1. The molecule has 0 atom stereocenters. The summed E-state index contributed by atoms with van der Waals surface area (Å²) in [5.74, 6) is 0. The van der Waals surface area contributed by atoms with E-state index >= 15 is 0 Å². The number of ether oxygens (including phenoxy) is 1. The van der Waals surface area contributed by atoms with Gasteiger partial charge in [-0.2, -0.15) is 0 Å². The first-order valence-electron chi connectivity index (χ1n) is 4.16. The second-order valence-electron chi connectivity index (χ2n) is 2.70. The molecule has 1 N–H and O–H groups in total. The first kappa shape index (κ1) is 12.4. The highest BCUT2D eigenvalue weighted by atomic mass is 35.5. The molecule has 1 aromatic rings. The Morgan fingerprint density at radius 1 is 1.60 bits per heavy atom. The molecular formula is C8H11ClN2O3S. The van der Waals surface area contributed by atoms with Crippen molar-refractivity contribution in [1.29, 1.82) is 0 Å². The van der Waals surface area contributed by atoms with Crippen molar-refractivity contribution in [3.8, 4) is 0 Å². The molecule has 0 radical (unpaired) electrons. The Labute approximate surface area is 93.5 Å². The van der Waals surface area contributed by atoms with Crippen molar-refractivity contribution in [2.75, 3.05) is 20.3 Å². The average molecular weight is 251 g/mol. The zero-order valence-corrected chi connectivity index (χ0v) is 9.68. The molecule has 15 heavy (non-hydrogen) atoms. The Bertz CT molecular complexity index is 422. The second kappa shape index (κ2) is 5.41. The molecule has 0 fully saturated rings. The van der Waals surface area contributed by atoms with Gasteiger partial charge in [0, 0.05) is 26.0 Å². The predicted molar refractivity (Wildman–Crippen MR) is 56.3 cm³/mol. The summed E-state index contributed by atoms with van der Waals surface area (Å²) in [5, 5.41) is 0.148. The molecule has 0 aliphatic rings. The molecule has 0 aromatic carbocycles. The van der Waals surface area contributed by atoms with Gasteiger partial charge in [-0.05, 0) is 6.07 Å². The van der Waals surface area contributed by atoms with E-state index in [0.29, 0.717) is 6.61 Å². The summed E-state index contributed by atoms with van der Waals surface area (Å²) in [6.45, 7) is 0.501. The van der Waals surface area contributed by atoms with Crippen molar-refractivity contribution in [2.24, 2.45) is 0 Å². The monoisotopic (exact) mass is 250 g/mol. The number of aromatic nitrogens is 1. The zero-order valence-electron chi connectivity index (χ0n) is 8.10. The standard InChI is InChI=1S/C8H11ClN2O3S/c1-14-5-4-11-15(12,13)8-6-10-3-2-7(8)9/h2-3,6,11H,4-5H2,1H3. The minimum absolute atomic E-state index is 0.0252. The van der Waals surface area contributed by atoms with Gasteiger partial charge in [0.25, 0.3) is 0 Å². The number of rotatable bonds is 5. The van der Waals surface area contributed by atoms with Gasteiger partial charge in [-0.3, -0.25) is 4.98 Å². The van der Waals surface area contributed by atoms with Crippen molar-refractivity contribution in [2.45, 2.75) is 4.90 Å². The fraction of sp³-hybridized carbons (Fsp3) is 0.375. The summed E-state index contributed by atoms with van der Waals surface area (Å²) in [4.78, 5) is 3.68. The molecule has 0 spiro atoms. The summed E-state index contributed by atoms with van der Waals surface area (Å²) >= 11 is 5.73. The highest BCUT2D eigenvalue weighted by Crippen LogP contribution is 2.18. The molecule has 0 saturated heterocycles. The van der Waals surface area contributed by atoms with Crippen LogP contribution in [-0.2, 0) is 14.8 Å². The number of hydrogen-bond donors (Lipinski definition) is 1. The fourth-order valence-corrected chi connectivity index (χ4v) is 2.36. The van der Waals surface area contributed by atoms with Gasteiger partial charge in [0.1, 0.15) is 4.90 Å². The number of methoxy groups -OCH3 is 1. The van der Waals surface area contributed by atoms with Crippen molar-refractivity contribution >= 4 is 21.6 Å². The minimum Gasteiger partial charge on any atom is -0.383 e. The molecule has 7 heteroatoms. The second-order valence-corrected chi connectivity index (χ2v) is 4.84. The fourth-order valence-electron chi connectivity index (χ4n) is 0.917. The van der Waals surface area contributed by atoms with Gasteiger partial charge in [0.2, 0.25) is 10.0 Å². The minimum atomic E-state index is -3.59. The number of nitrogens with zero attached hydrogens (tertiary/aromatic N) is 1. The van der Waals surface area contributed by atoms with Gasteiger partial charge < -0.3 is 4.74 Å². The van der Waals surface area contributed by atoms with Gasteiger partial charge >= 0.3 is 0 Å². The summed E-state index contributed by atoms with van der Waals surface area (Å²) in [6.07, 6.45) is 2.63. The lowest BCUT2D eigenvalue weighted by molar-refractivity contribution is 0.204. The van der Waals surface area contributed by atoms with Gasteiger partial charge in [-0.1, -0.05) is 11.6 Å². The molecule has 1 aromatic heterocycles. The van der Waals surface area contributed by atoms with E-state index in [1.54, 1.807) is 0 Å². The summed E-state index contributed by atoms with van der Waals surface area (Å²) < 4.78 is 30.3. The van der Waals surface area contributed by atoms with Crippen LogP contribution >= 0.6 is 11.6 Å². The van der Waals surface area contributed by atoms with Crippen LogP contribution in [0.3, 0.4) is 0 Å². The van der Waals surface area contributed by atoms with E-state index < -0.39 is 10.0 Å². The van der Waals surface area contributed by atoms with Crippen molar-refractivity contribution in [1.82, 2.24) is 9.71 Å². The lowest BCUT2D eigenvalue weighted by Gasteiger charge is -2.06. The van der Waals surface area contributed by atoms with Crippen LogP contribution in [0.2, 0.25) is 5.02 Å². The quantitative estimate of drug-likeness (QED) is 0.780. The third-order valence-corrected chi connectivity index (χ3v) is 3.55. The summed E-state index contributed by atoms with van der Waals surface area (Å²) in [7, 11) is -2.10. The lowest BCUT2D eigenvalue weighted by atomic mass is 10.5. The smallest absolute Gasteiger partial charge is 0.243 e. The Balaban J connectivity index is 2.83. The van der Waals surface area contributed by atoms with Gasteiger partial charge in [0.05, 0.1) is 11.6 Å². The molecule has 84 valence electrons. The number of hydrogen-bond acceptors (Lipinski definition) is 4. The van der Waals surface area contributed by atoms with Crippen LogP contribution in [0.5, 0.6) is 0 Å². The van der Waals surface area contributed by atoms with Crippen LogP contribution in [0.25, 0.3) is 0 Å². The van der Waals surface area contributed by atoms with Crippen molar-refractivity contribution < 1.29 is 13.2 Å². The van der Waals surface area contributed by atoms with Crippen LogP contribution < -0.4 is 4.72 Å². The van der Waals surface area contributed by atoms with E-state index in [-0.39, 0.29) is 16.5 Å². The number of sulfonamides is 1. The van der Waals surface area contributed by atoms with Gasteiger partial charge in [-0.15, -0.1) is 0 Å². The Morgan fingerprint density at radius 2 is 2.33 bits per heavy atom. The number of pyridine rings is 1. The highest BCUT2D eigenvalue weighted by Gasteiger charge is 2.16. The van der Waals surface area contributed by atoms with E-state index in [1.807, 2.05) is 0 Å². The molecule has 0 bridgehead atoms. The Hall–Kier alpha value is -0.690. The summed E-state index contributed by atoms with van der Waals surface area (Å²) in [6, 6.07) is 1.42. The zero-order chi connectivity index (χ0) is 11.3. The maximum absolute atomic E-state index is 11.6. The van der Waals surface area contributed by atoms with Gasteiger partial charge in [0.15, 0.2) is 0 Å². The molecule has 0 saturated carbocycles. The van der Waals surface area contributed by atoms with E-state index in [4.69, 9.17) is 16.3 Å². The molecule has 5 nitrogen and oxygen atoms in total. The van der Waals surface area contributed by atoms with Crippen molar-refractivity contribution in [3.63, 3.8) is 0 Å². The third-order valence-electron chi connectivity index (χ3n) is 1.62. The lowest BCUT2D eigenvalue weighted by Crippen LogP contribution is -2.27. The SMILES string of the molecule is COCCNS(=O)(=O)c1cnccc1Cl. The van der Waals surface area contributed by atoms with E-state index in [2.05, 4.69) is 9.71 Å². The van der Waals surface area contributed by atoms with E-state index in [9.17, 15) is 8.42 Å². The van der Waals surface area contributed by atoms with E-state index in [0.717, 1.165) is 0 Å². The average Bonchev–Trinajstić information content (AvgIpc) is 2.18. The van der Waals surface area contributed by atoms with Crippen LogP contribution in [-0.4, -0.2) is 33.7 Å². The largest absolute Gasteiger partial charge is 0.383 e. The molecule has 1 heterocycles. The first-order valence-corrected chi connectivity index (χ1v) is 6.02. The maximum atomic E-state index is 11.6.